The lowest BCUT2D eigenvalue weighted by Crippen LogP contribution is -2.34. The van der Waals surface area contributed by atoms with E-state index in [0.717, 1.165) is 5.56 Å². The number of hydrogen-bond acceptors (Lipinski definition) is 6. The highest BCUT2D eigenvalue weighted by Crippen LogP contribution is 2.08. The Bertz CT molecular complexity index is 511. The van der Waals surface area contributed by atoms with Gasteiger partial charge in [0.2, 0.25) is 6.10 Å². The molecule has 1 aromatic carbocycles. The molecule has 0 aromatic heterocycles. The minimum atomic E-state index is -1.26. The molecule has 0 radical (unpaired) electrons. The second-order valence-corrected chi connectivity index (χ2v) is 4.80. The van der Waals surface area contributed by atoms with Crippen molar-refractivity contribution >= 4 is 17.7 Å². The molecule has 0 saturated carbocycles. The van der Waals surface area contributed by atoms with E-state index in [1.165, 1.54) is 21.0 Å². The van der Waals surface area contributed by atoms with Gasteiger partial charge in [-0.2, -0.15) is 0 Å². The number of benzene rings is 1. The highest BCUT2D eigenvalue weighted by Gasteiger charge is 2.28. The molecule has 1 aromatic rings. The molecule has 0 heterocycles. The van der Waals surface area contributed by atoms with Gasteiger partial charge >= 0.3 is 11.9 Å². The topological polar surface area (TPSA) is 78.9 Å². The minimum Gasteiger partial charge on any atom is -0.458 e. The Morgan fingerprint density at radius 3 is 2.27 bits per heavy atom. The average Bonchev–Trinajstić information content (AvgIpc) is 2.51. The average molecular weight is 308 g/mol. The number of carbonyl (C=O) groups is 3. The largest absolute Gasteiger partial charge is 0.458 e. The molecule has 6 nitrogen and oxygen atoms in total. The van der Waals surface area contributed by atoms with Crippen molar-refractivity contribution < 1.29 is 28.6 Å². The number of hydrogen-bond donors (Lipinski definition) is 0. The van der Waals surface area contributed by atoms with Crippen LogP contribution in [0.25, 0.3) is 0 Å². The van der Waals surface area contributed by atoms with Crippen LogP contribution in [0.5, 0.6) is 0 Å². The predicted molar refractivity (Wildman–Crippen MR) is 77.9 cm³/mol. The normalized spacial score (nSPS) is 13.0. The summed E-state index contributed by atoms with van der Waals surface area (Å²) in [6, 6.07) is 9.07. The van der Waals surface area contributed by atoms with Crippen LogP contribution < -0.4 is 0 Å². The SMILES string of the molecule is COC(C)C(=O)OC(CC(C)=O)C(=O)OCc1ccccc1. The van der Waals surface area contributed by atoms with Gasteiger partial charge in [-0.15, -0.1) is 0 Å². The number of ketones is 1. The van der Waals surface area contributed by atoms with E-state index in [2.05, 4.69) is 0 Å². The number of carbonyl (C=O) groups excluding carboxylic acids is 3. The summed E-state index contributed by atoms with van der Waals surface area (Å²) in [4.78, 5) is 34.9. The summed E-state index contributed by atoms with van der Waals surface area (Å²) < 4.78 is 14.9. The summed E-state index contributed by atoms with van der Waals surface area (Å²) in [5, 5.41) is 0. The van der Waals surface area contributed by atoms with Gasteiger partial charge in [-0.1, -0.05) is 30.3 Å². The molecule has 0 saturated heterocycles. The van der Waals surface area contributed by atoms with Crippen LogP contribution in [-0.2, 0) is 35.2 Å². The van der Waals surface area contributed by atoms with Crippen molar-refractivity contribution in [3.05, 3.63) is 35.9 Å². The fourth-order valence-electron chi connectivity index (χ4n) is 1.59. The third-order valence-corrected chi connectivity index (χ3v) is 2.90. The van der Waals surface area contributed by atoms with E-state index < -0.39 is 24.1 Å². The second-order valence-electron chi connectivity index (χ2n) is 4.80. The molecule has 0 amide bonds. The molecule has 0 aliphatic carbocycles. The Morgan fingerprint density at radius 1 is 1.09 bits per heavy atom. The fourth-order valence-corrected chi connectivity index (χ4v) is 1.59. The van der Waals surface area contributed by atoms with Crippen molar-refractivity contribution in [2.75, 3.05) is 7.11 Å². The summed E-state index contributed by atoms with van der Waals surface area (Å²) in [5.41, 5.74) is 0.800. The summed E-state index contributed by atoms with van der Waals surface area (Å²) >= 11 is 0. The molecule has 120 valence electrons. The van der Waals surface area contributed by atoms with Crippen LogP contribution in [0.15, 0.2) is 30.3 Å². The van der Waals surface area contributed by atoms with Crippen LogP contribution in [0.4, 0.5) is 0 Å². The Kier molecular flexibility index (Phi) is 7.25. The summed E-state index contributed by atoms with van der Waals surface area (Å²) in [6.07, 6.45) is -2.31. The van der Waals surface area contributed by atoms with Crippen molar-refractivity contribution in [1.82, 2.24) is 0 Å². The maximum Gasteiger partial charge on any atom is 0.348 e. The van der Waals surface area contributed by atoms with Crippen molar-refractivity contribution in [3.8, 4) is 0 Å². The number of ether oxygens (including phenoxy) is 3. The molecule has 0 N–H and O–H groups in total. The van der Waals surface area contributed by atoms with E-state index in [-0.39, 0.29) is 18.8 Å². The summed E-state index contributed by atoms with van der Waals surface area (Å²) in [7, 11) is 1.35. The number of Topliss-reactive ketones (excluding diaryl/α,β-unsaturated/α-hetero) is 1. The molecule has 0 aliphatic rings. The van der Waals surface area contributed by atoms with Crippen LogP contribution in [0.3, 0.4) is 0 Å². The van der Waals surface area contributed by atoms with E-state index >= 15 is 0 Å². The van der Waals surface area contributed by atoms with E-state index in [1.807, 2.05) is 18.2 Å². The van der Waals surface area contributed by atoms with E-state index in [0.29, 0.717) is 0 Å². The molecule has 22 heavy (non-hydrogen) atoms. The molecule has 0 aliphatic heterocycles. The van der Waals surface area contributed by atoms with Gasteiger partial charge < -0.3 is 14.2 Å². The van der Waals surface area contributed by atoms with Crippen molar-refractivity contribution in [2.24, 2.45) is 0 Å². The van der Waals surface area contributed by atoms with Gasteiger partial charge in [0.15, 0.2) is 6.10 Å². The number of rotatable bonds is 8. The first-order valence-corrected chi connectivity index (χ1v) is 6.87. The third kappa shape index (κ3) is 6.05. The maximum absolute atomic E-state index is 12.0. The second kappa shape index (κ2) is 8.94. The van der Waals surface area contributed by atoms with Gasteiger partial charge in [0.1, 0.15) is 12.4 Å². The van der Waals surface area contributed by atoms with Gasteiger partial charge in [-0.05, 0) is 19.4 Å². The van der Waals surface area contributed by atoms with E-state index in [9.17, 15) is 14.4 Å². The molecule has 2 atom stereocenters. The quantitative estimate of drug-likeness (QED) is 0.680. The summed E-state index contributed by atoms with van der Waals surface area (Å²) in [6.45, 7) is 2.85. The Morgan fingerprint density at radius 2 is 1.73 bits per heavy atom. The number of methoxy groups -OCH3 is 1. The molecule has 0 bridgehead atoms. The van der Waals surface area contributed by atoms with Gasteiger partial charge in [-0.3, -0.25) is 4.79 Å². The zero-order valence-corrected chi connectivity index (χ0v) is 12.9. The highest BCUT2D eigenvalue weighted by molar-refractivity contribution is 5.87. The molecule has 2 unspecified atom stereocenters. The van der Waals surface area contributed by atoms with Crippen LogP contribution in [0.2, 0.25) is 0 Å². The van der Waals surface area contributed by atoms with Gasteiger partial charge in [0.05, 0.1) is 6.42 Å². The van der Waals surface area contributed by atoms with Gasteiger partial charge in [0, 0.05) is 7.11 Å². The van der Waals surface area contributed by atoms with Crippen LogP contribution in [0.1, 0.15) is 25.8 Å². The smallest absolute Gasteiger partial charge is 0.348 e. The fraction of sp³-hybridized carbons (Fsp3) is 0.438. The number of esters is 2. The Labute approximate surface area is 129 Å². The molecule has 0 spiro atoms. The van der Waals surface area contributed by atoms with Crippen LogP contribution in [0, 0.1) is 0 Å². The molecular formula is C16H20O6. The lowest BCUT2D eigenvalue weighted by atomic mass is 10.2. The molecule has 0 fully saturated rings. The first kappa shape index (κ1) is 17.8. The monoisotopic (exact) mass is 308 g/mol. The first-order chi connectivity index (χ1) is 10.4. The Hall–Kier alpha value is -2.21. The van der Waals surface area contributed by atoms with Crippen molar-refractivity contribution in [3.63, 3.8) is 0 Å². The first-order valence-electron chi connectivity index (χ1n) is 6.87. The lowest BCUT2D eigenvalue weighted by Gasteiger charge is -2.17. The summed E-state index contributed by atoms with van der Waals surface area (Å²) in [5.74, 6) is -1.75. The van der Waals surface area contributed by atoms with Crippen molar-refractivity contribution in [1.29, 1.82) is 0 Å². The van der Waals surface area contributed by atoms with Gasteiger partial charge in [-0.25, -0.2) is 9.59 Å². The van der Waals surface area contributed by atoms with Crippen molar-refractivity contribution in [2.45, 2.75) is 39.1 Å². The third-order valence-electron chi connectivity index (χ3n) is 2.90. The minimum absolute atomic E-state index is 0.0471. The van der Waals surface area contributed by atoms with E-state index in [4.69, 9.17) is 14.2 Å². The molecule has 6 heteroatoms. The highest BCUT2D eigenvalue weighted by atomic mass is 16.6. The zero-order chi connectivity index (χ0) is 16.5. The standard InChI is InChI=1S/C16H20O6/c1-11(17)9-14(22-15(18)12(2)20-3)16(19)21-10-13-7-5-4-6-8-13/h4-8,12,14H,9-10H2,1-3H3. The predicted octanol–water partition coefficient (Wildman–Crippen LogP) is 1.66. The molecule has 1 rings (SSSR count). The molecular weight excluding hydrogens is 288 g/mol. The zero-order valence-electron chi connectivity index (χ0n) is 12.9. The van der Waals surface area contributed by atoms with Gasteiger partial charge in [0.25, 0.3) is 0 Å². The van der Waals surface area contributed by atoms with E-state index in [1.54, 1.807) is 12.1 Å². The van der Waals surface area contributed by atoms with Crippen LogP contribution in [-0.4, -0.2) is 37.0 Å². The Balaban J connectivity index is 2.63. The lowest BCUT2D eigenvalue weighted by molar-refractivity contribution is -0.175. The maximum atomic E-state index is 12.0. The van der Waals surface area contributed by atoms with Crippen LogP contribution >= 0.6 is 0 Å².